The van der Waals surface area contributed by atoms with Crippen LogP contribution < -0.4 is 9.47 Å². The second-order valence-corrected chi connectivity index (χ2v) is 7.71. The molecule has 0 heterocycles. The van der Waals surface area contributed by atoms with Gasteiger partial charge in [-0.05, 0) is 48.5 Å². The van der Waals surface area contributed by atoms with E-state index in [1.165, 1.54) is 28.6 Å². The fraction of sp³-hybridized carbons (Fsp3) is 0.350. The van der Waals surface area contributed by atoms with Gasteiger partial charge >= 0.3 is 5.97 Å². The number of esters is 1. The van der Waals surface area contributed by atoms with Crippen molar-refractivity contribution < 1.29 is 27.4 Å². The molecule has 0 aliphatic heterocycles. The summed E-state index contributed by atoms with van der Waals surface area (Å²) in [5.41, 5.74) is 0.281. The Kier molecular flexibility index (Phi) is 7.83. The molecule has 28 heavy (non-hydrogen) atoms. The summed E-state index contributed by atoms with van der Waals surface area (Å²) >= 11 is 0. The number of ether oxygens (including phenoxy) is 3. The van der Waals surface area contributed by atoms with Crippen molar-refractivity contribution in [3.8, 4) is 11.5 Å². The molecule has 0 saturated heterocycles. The van der Waals surface area contributed by atoms with Crippen molar-refractivity contribution in [1.29, 1.82) is 0 Å². The summed E-state index contributed by atoms with van der Waals surface area (Å²) < 4.78 is 42.0. The van der Waals surface area contributed by atoms with Crippen LogP contribution in [0.2, 0.25) is 0 Å². The van der Waals surface area contributed by atoms with Gasteiger partial charge in [-0.15, -0.1) is 0 Å². The topological polar surface area (TPSA) is 82.1 Å². The molecular weight excluding hydrogens is 382 g/mol. The van der Waals surface area contributed by atoms with Crippen molar-refractivity contribution in [3.63, 3.8) is 0 Å². The van der Waals surface area contributed by atoms with E-state index in [9.17, 15) is 13.2 Å². The Morgan fingerprint density at radius 3 is 2.00 bits per heavy atom. The maximum absolute atomic E-state index is 12.4. The molecule has 0 fully saturated rings. The van der Waals surface area contributed by atoms with Gasteiger partial charge in [0.25, 0.3) is 0 Å². The van der Waals surface area contributed by atoms with E-state index in [1.807, 2.05) is 0 Å². The van der Waals surface area contributed by atoms with Gasteiger partial charge < -0.3 is 14.2 Å². The third kappa shape index (κ3) is 5.46. The summed E-state index contributed by atoms with van der Waals surface area (Å²) in [5.74, 6) is 0.832. The minimum atomic E-state index is -3.55. The first kappa shape index (κ1) is 21.7. The van der Waals surface area contributed by atoms with E-state index in [-0.39, 0.29) is 23.7 Å². The average Bonchev–Trinajstić information content (AvgIpc) is 2.72. The highest BCUT2D eigenvalue weighted by Crippen LogP contribution is 2.18. The van der Waals surface area contributed by atoms with Crippen molar-refractivity contribution in [2.75, 3.05) is 33.4 Å². The Morgan fingerprint density at radius 1 is 0.893 bits per heavy atom. The third-order valence-corrected chi connectivity index (χ3v) is 6.14. The molecule has 2 rings (SSSR count). The molecule has 0 N–H and O–H groups in total. The molecule has 0 aliphatic rings. The van der Waals surface area contributed by atoms with E-state index in [2.05, 4.69) is 0 Å². The molecule has 0 saturated carbocycles. The monoisotopic (exact) mass is 407 g/mol. The summed E-state index contributed by atoms with van der Waals surface area (Å²) in [6.45, 7) is 4.60. The number of hydrogen-bond donors (Lipinski definition) is 0. The summed E-state index contributed by atoms with van der Waals surface area (Å²) in [4.78, 5) is 12.2. The van der Waals surface area contributed by atoms with E-state index in [0.717, 1.165) is 5.75 Å². The smallest absolute Gasteiger partial charge is 0.338 e. The number of hydrogen-bond acceptors (Lipinski definition) is 6. The van der Waals surface area contributed by atoms with Crippen LogP contribution in [0.1, 0.15) is 24.2 Å². The molecule has 152 valence electrons. The molecule has 0 radical (unpaired) electrons. The Balaban J connectivity index is 1.87. The highest BCUT2D eigenvalue weighted by Gasteiger charge is 2.21. The van der Waals surface area contributed by atoms with Crippen LogP contribution in [0.3, 0.4) is 0 Å². The van der Waals surface area contributed by atoms with E-state index in [0.29, 0.717) is 18.8 Å². The van der Waals surface area contributed by atoms with Crippen LogP contribution >= 0.6 is 0 Å². The normalized spacial score (nSPS) is 11.3. The number of nitrogens with zero attached hydrogens (tertiary/aromatic N) is 1. The first-order valence-corrected chi connectivity index (χ1v) is 10.4. The Hall–Kier alpha value is -2.58. The largest absolute Gasteiger partial charge is 0.497 e. The van der Waals surface area contributed by atoms with Crippen LogP contribution in [0, 0.1) is 0 Å². The van der Waals surface area contributed by atoms with Crippen molar-refractivity contribution in [1.82, 2.24) is 4.31 Å². The molecule has 0 bridgehead atoms. The first-order chi connectivity index (χ1) is 13.4. The van der Waals surface area contributed by atoms with Gasteiger partial charge in [0.2, 0.25) is 10.0 Å². The highest BCUT2D eigenvalue weighted by molar-refractivity contribution is 7.89. The molecule has 7 nitrogen and oxygen atoms in total. The lowest BCUT2D eigenvalue weighted by molar-refractivity contribution is 0.0450. The predicted molar refractivity (Wildman–Crippen MR) is 105 cm³/mol. The zero-order valence-corrected chi connectivity index (χ0v) is 17.1. The standard InChI is InChI=1S/C20H25NO6S/c1-4-21(5-2)28(23,24)19-12-6-16(7-13-19)20(22)27-15-14-26-18-10-8-17(25-3)9-11-18/h6-13H,4-5,14-15H2,1-3H3. The third-order valence-electron chi connectivity index (χ3n) is 4.08. The lowest BCUT2D eigenvalue weighted by Gasteiger charge is -2.18. The van der Waals surface area contributed by atoms with Crippen molar-refractivity contribution in [2.45, 2.75) is 18.7 Å². The van der Waals surface area contributed by atoms with Crippen LogP contribution in [0.25, 0.3) is 0 Å². The maximum Gasteiger partial charge on any atom is 0.338 e. The number of carbonyl (C=O) groups is 1. The second kappa shape index (κ2) is 10.1. The van der Waals surface area contributed by atoms with Gasteiger partial charge in [-0.2, -0.15) is 4.31 Å². The van der Waals surface area contributed by atoms with Crippen LogP contribution in [0.15, 0.2) is 53.4 Å². The molecule has 8 heteroatoms. The molecule has 0 amide bonds. The van der Waals surface area contributed by atoms with E-state index >= 15 is 0 Å². The quantitative estimate of drug-likeness (QED) is 0.445. The van der Waals surface area contributed by atoms with Gasteiger partial charge in [-0.3, -0.25) is 0 Å². The highest BCUT2D eigenvalue weighted by atomic mass is 32.2. The summed E-state index contributed by atoms with van der Waals surface area (Å²) in [5, 5.41) is 0. The van der Waals surface area contributed by atoms with Crippen molar-refractivity contribution in [2.24, 2.45) is 0 Å². The summed E-state index contributed by atoms with van der Waals surface area (Å²) in [6.07, 6.45) is 0. The number of carbonyl (C=O) groups excluding carboxylic acids is 1. The first-order valence-electron chi connectivity index (χ1n) is 8.96. The second-order valence-electron chi connectivity index (χ2n) is 5.77. The number of benzene rings is 2. The van der Waals surface area contributed by atoms with Crippen molar-refractivity contribution >= 4 is 16.0 Å². The Labute approximate surface area is 165 Å². The van der Waals surface area contributed by atoms with Gasteiger partial charge in [0, 0.05) is 13.1 Å². The van der Waals surface area contributed by atoms with E-state index < -0.39 is 16.0 Å². The molecule has 2 aromatic rings. The lowest BCUT2D eigenvalue weighted by Crippen LogP contribution is -2.30. The van der Waals surface area contributed by atoms with Gasteiger partial charge in [0.05, 0.1) is 17.6 Å². The Bertz CT molecular complexity index is 859. The minimum absolute atomic E-state index is 0.0738. The molecule has 0 aliphatic carbocycles. The van der Waals surface area contributed by atoms with Gasteiger partial charge in [0.1, 0.15) is 24.7 Å². The average molecular weight is 407 g/mol. The zero-order chi connectivity index (χ0) is 20.6. The molecule has 0 unspecified atom stereocenters. The van der Waals surface area contributed by atoms with Crippen LogP contribution in [0.4, 0.5) is 0 Å². The van der Waals surface area contributed by atoms with E-state index in [1.54, 1.807) is 45.2 Å². The van der Waals surface area contributed by atoms with Gasteiger partial charge in [-0.25, -0.2) is 13.2 Å². The molecule has 0 atom stereocenters. The predicted octanol–water partition coefficient (Wildman–Crippen LogP) is 2.96. The van der Waals surface area contributed by atoms with Crippen LogP contribution in [0.5, 0.6) is 11.5 Å². The zero-order valence-electron chi connectivity index (χ0n) is 16.3. The number of sulfonamides is 1. The van der Waals surface area contributed by atoms with Crippen LogP contribution in [-0.2, 0) is 14.8 Å². The minimum Gasteiger partial charge on any atom is -0.497 e. The fourth-order valence-corrected chi connectivity index (χ4v) is 3.98. The molecule has 0 spiro atoms. The molecular formula is C20H25NO6S. The Morgan fingerprint density at radius 2 is 1.46 bits per heavy atom. The summed E-state index contributed by atoms with van der Waals surface area (Å²) in [6, 6.07) is 12.8. The fourth-order valence-electron chi connectivity index (χ4n) is 2.52. The molecule has 2 aromatic carbocycles. The number of methoxy groups -OCH3 is 1. The van der Waals surface area contributed by atoms with Gasteiger partial charge in [-0.1, -0.05) is 13.8 Å². The molecule has 0 aromatic heterocycles. The van der Waals surface area contributed by atoms with Crippen molar-refractivity contribution in [3.05, 3.63) is 54.1 Å². The van der Waals surface area contributed by atoms with Crippen LogP contribution in [-0.4, -0.2) is 52.1 Å². The SMILES string of the molecule is CCN(CC)S(=O)(=O)c1ccc(C(=O)OCCOc2ccc(OC)cc2)cc1. The summed E-state index contributed by atoms with van der Waals surface area (Å²) in [7, 11) is -1.96. The van der Waals surface area contributed by atoms with E-state index in [4.69, 9.17) is 14.2 Å². The lowest BCUT2D eigenvalue weighted by atomic mass is 10.2. The number of rotatable bonds is 10. The van der Waals surface area contributed by atoms with Gasteiger partial charge in [0.15, 0.2) is 0 Å². The maximum atomic E-state index is 12.4.